The average Bonchev–Trinajstić information content (AvgIpc) is 2.89. The summed E-state index contributed by atoms with van der Waals surface area (Å²) in [5.74, 6) is 1.76. The summed E-state index contributed by atoms with van der Waals surface area (Å²) in [6.07, 6.45) is 0. The summed E-state index contributed by atoms with van der Waals surface area (Å²) in [7, 11) is 0. The number of benzene rings is 1. The van der Waals surface area contributed by atoms with Gasteiger partial charge in [-0.05, 0) is 24.6 Å². The van der Waals surface area contributed by atoms with Crippen LogP contribution >= 0.6 is 23.2 Å². The number of guanidine groups is 1. The molecule has 0 aliphatic rings. The second-order valence-corrected chi connectivity index (χ2v) is 5.36. The normalized spacial score (nSPS) is 11.5. The van der Waals surface area contributed by atoms with Crippen LogP contribution in [-0.2, 0) is 13.1 Å². The van der Waals surface area contributed by atoms with E-state index in [9.17, 15) is 0 Å². The minimum atomic E-state index is 0.428. The standard InChI is InChI=1S/C14H17Cl2N5O/c1-3-17-14(19-8-13-20-9(2)22-21-13)18-7-10-4-5-11(15)6-12(10)16/h4-6H,3,7-8H2,1-2H3,(H2,17,18,19). The Labute approximate surface area is 138 Å². The predicted molar refractivity (Wildman–Crippen MR) is 87.2 cm³/mol. The van der Waals surface area contributed by atoms with Crippen LogP contribution < -0.4 is 10.6 Å². The van der Waals surface area contributed by atoms with Crippen molar-refractivity contribution in [2.45, 2.75) is 26.9 Å². The summed E-state index contributed by atoms with van der Waals surface area (Å²) in [5, 5.41) is 11.3. The number of rotatable bonds is 5. The number of hydrogen-bond donors (Lipinski definition) is 2. The Balaban J connectivity index is 1.99. The molecule has 0 fully saturated rings. The van der Waals surface area contributed by atoms with E-state index in [0.717, 1.165) is 12.1 Å². The van der Waals surface area contributed by atoms with Gasteiger partial charge in [-0.2, -0.15) is 4.98 Å². The van der Waals surface area contributed by atoms with Crippen LogP contribution in [0.5, 0.6) is 0 Å². The van der Waals surface area contributed by atoms with Gasteiger partial charge in [0.2, 0.25) is 5.89 Å². The molecule has 6 nitrogen and oxygen atoms in total. The zero-order valence-corrected chi connectivity index (χ0v) is 13.9. The summed E-state index contributed by atoms with van der Waals surface area (Å²) in [6, 6.07) is 5.36. The van der Waals surface area contributed by atoms with Crippen molar-refractivity contribution in [2.24, 2.45) is 4.99 Å². The lowest BCUT2D eigenvalue weighted by atomic mass is 10.2. The monoisotopic (exact) mass is 341 g/mol. The number of aliphatic imine (C=N–C) groups is 1. The quantitative estimate of drug-likeness (QED) is 0.645. The molecule has 2 N–H and O–H groups in total. The van der Waals surface area contributed by atoms with Crippen LogP contribution in [0.25, 0.3) is 0 Å². The minimum absolute atomic E-state index is 0.428. The maximum Gasteiger partial charge on any atom is 0.223 e. The van der Waals surface area contributed by atoms with Gasteiger partial charge >= 0.3 is 0 Å². The molecule has 22 heavy (non-hydrogen) atoms. The smallest absolute Gasteiger partial charge is 0.223 e. The highest BCUT2D eigenvalue weighted by molar-refractivity contribution is 6.35. The summed E-state index contributed by atoms with van der Waals surface area (Å²) in [6.45, 7) is 5.35. The third-order valence-electron chi connectivity index (χ3n) is 2.75. The van der Waals surface area contributed by atoms with E-state index in [-0.39, 0.29) is 0 Å². The molecule has 0 radical (unpaired) electrons. The maximum absolute atomic E-state index is 6.14. The number of hydrogen-bond acceptors (Lipinski definition) is 4. The minimum Gasteiger partial charge on any atom is -0.357 e. The summed E-state index contributed by atoms with van der Waals surface area (Å²) >= 11 is 12.0. The third kappa shape index (κ3) is 4.89. The molecule has 118 valence electrons. The Kier molecular flexibility index (Phi) is 6.03. The fourth-order valence-electron chi connectivity index (χ4n) is 1.73. The second kappa shape index (κ2) is 8.00. The molecule has 0 saturated carbocycles. The molecule has 0 bridgehead atoms. The molecule has 0 aliphatic carbocycles. The van der Waals surface area contributed by atoms with Crippen LogP contribution in [-0.4, -0.2) is 22.6 Å². The van der Waals surface area contributed by atoms with Gasteiger partial charge in [-0.3, -0.25) is 0 Å². The van der Waals surface area contributed by atoms with Crippen molar-refractivity contribution in [3.63, 3.8) is 0 Å². The molecule has 0 unspecified atom stereocenters. The lowest BCUT2D eigenvalue weighted by Crippen LogP contribution is -2.37. The van der Waals surface area contributed by atoms with Crippen molar-refractivity contribution in [1.29, 1.82) is 0 Å². The fourth-order valence-corrected chi connectivity index (χ4v) is 2.20. The first kappa shape index (κ1) is 16.6. The Hall–Kier alpha value is -1.79. The molecular formula is C14H17Cl2N5O. The predicted octanol–water partition coefficient (Wildman–Crippen LogP) is 2.94. The van der Waals surface area contributed by atoms with Crippen molar-refractivity contribution in [3.8, 4) is 0 Å². The van der Waals surface area contributed by atoms with Gasteiger partial charge in [-0.15, -0.1) is 0 Å². The van der Waals surface area contributed by atoms with Crippen LogP contribution in [0, 0.1) is 6.92 Å². The van der Waals surface area contributed by atoms with Crippen molar-refractivity contribution < 1.29 is 4.52 Å². The average molecular weight is 342 g/mol. The second-order valence-electron chi connectivity index (χ2n) is 4.51. The van der Waals surface area contributed by atoms with Crippen LogP contribution in [0.1, 0.15) is 24.2 Å². The van der Waals surface area contributed by atoms with Gasteiger partial charge in [-0.1, -0.05) is 34.4 Å². The van der Waals surface area contributed by atoms with E-state index in [2.05, 4.69) is 25.8 Å². The number of aromatic nitrogens is 2. The van der Waals surface area contributed by atoms with Crippen molar-refractivity contribution in [3.05, 3.63) is 45.5 Å². The number of aryl methyl sites for hydroxylation is 1. The van der Waals surface area contributed by atoms with Gasteiger partial charge in [0.1, 0.15) is 0 Å². The highest BCUT2D eigenvalue weighted by Crippen LogP contribution is 2.21. The summed E-state index contributed by atoms with van der Waals surface area (Å²) in [5.41, 5.74) is 0.902. The maximum atomic E-state index is 6.14. The Morgan fingerprint density at radius 2 is 2.14 bits per heavy atom. The highest BCUT2D eigenvalue weighted by atomic mass is 35.5. The van der Waals surface area contributed by atoms with Crippen LogP contribution in [0.3, 0.4) is 0 Å². The summed E-state index contributed by atoms with van der Waals surface area (Å²) < 4.78 is 4.92. The zero-order valence-electron chi connectivity index (χ0n) is 12.4. The SMILES string of the molecule is CCNC(=NCc1ccc(Cl)cc1Cl)NCc1noc(C)n1. The van der Waals surface area contributed by atoms with Gasteiger partial charge < -0.3 is 15.2 Å². The van der Waals surface area contributed by atoms with Crippen LogP contribution in [0.2, 0.25) is 10.0 Å². The summed E-state index contributed by atoms with van der Waals surface area (Å²) in [4.78, 5) is 8.60. The molecule has 0 spiro atoms. The van der Waals surface area contributed by atoms with Gasteiger partial charge in [0.05, 0.1) is 13.1 Å². The molecule has 2 aromatic rings. The van der Waals surface area contributed by atoms with Crippen molar-refractivity contribution in [2.75, 3.05) is 6.54 Å². The number of nitrogens with zero attached hydrogens (tertiary/aromatic N) is 3. The molecule has 8 heteroatoms. The molecule has 1 aromatic carbocycles. The Morgan fingerprint density at radius 1 is 1.32 bits per heavy atom. The number of halogens is 2. The topological polar surface area (TPSA) is 75.3 Å². The Morgan fingerprint density at radius 3 is 2.77 bits per heavy atom. The molecule has 1 aromatic heterocycles. The highest BCUT2D eigenvalue weighted by Gasteiger charge is 2.05. The molecule has 0 aliphatic heterocycles. The van der Waals surface area contributed by atoms with Crippen LogP contribution in [0.15, 0.2) is 27.7 Å². The first-order chi connectivity index (χ1) is 10.6. The molecule has 0 atom stereocenters. The molecule has 0 saturated heterocycles. The van der Waals surface area contributed by atoms with E-state index in [0.29, 0.717) is 40.8 Å². The van der Waals surface area contributed by atoms with E-state index in [1.54, 1.807) is 19.1 Å². The van der Waals surface area contributed by atoms with E-state index >= 15 is 0 Å². The largest absolute Gasteiger partial charge is 0.357 e. The number of nitrogens with one attached hydrogen (secondary N) is 2. The van der Waals surface area contributed by atoms with E-state index in [1.165, 1.54) is 0 Å². The molecular weight excluding hydrogens is 325 g/mol. The van der Waals surface area contributed by atoms with Gasteiger partial charge in [0, 0.05) is 23.5 Å². The van der Waals surface area contributed by atoms with Gasteiger partial charge in [-0.25, -0.2) is 4.99 Å². The van der Waals surface area contributed by atoms with Crippen LogP contribution in [0.4, 0.5) is 0 Å². The molecule has 0 amide bonds. The fraction of sp³-hybridized carbons (Fsp3) is 0.357. The lowest BCUT2D eigenvalue weighted by molar-refractivity contribution is 0.387. The van der Waals surface area contributed by atoms with Crippen molar-refractivity contribution in [1.82, 2.24) is 20.8 Å². The van der Waals surface area contributed by atoms with E-state index < -0.39 is 0 Å². The lowest BCUT2D eigenvalue weighted by Gasteiger charge is -2.10. The third-order valence-corrected chi connectivity index (χ3v) is 3.34. The Bertz CT molecular complexity index is 656. The van der Waals surface area contributed by atoms with E-state index in [1.807, 2.05) is 13.0 Å². The first-order valence-electron chi connectivity index (χ1n) is 6.83. The zero-order chi connectivity index (χ0) is 15.9. The first-order valence-corrected chi connectivity index (χ1v) is 7.59. The van der Waals surface area contributed by atoms with Crippen molar-refractivity contribution >= 4 is 29.2 Å². The van der Waals surface area contributed by atoms with Gasteiger partial charge in [0.15, 0.2) is 11.8 Å². The van der Waals surface area contributed by atoms with Gasteiger partial charge in [0.25, 0.3) is 0 Å². The molecule has 2 rings (SSSR count). The van der Waals surface area contributed by atoms with E-state index in [4.69, 9.17) is 27.7 Å². The molecule has 1 heterocycles.